The van der Waals surface area contributed by atoms with Gasteiger partial charge in [0, 0.05) is 5.56 Å². The van der Waals surface area contributed by atoms with Crippen LogP contribution in [0.3, 0.4) is 0 Å². The maximum atomic E-state index is 9.84. The van der Waals surface area contributed by atoms with Crippen molar-refractivity contribution in [2.45, 2.75) is 6.42 Å². The Balaban J connectivity index is 2.09. The van der Waals surface area contributed by atoms with Crippen molar-refractivity contribution in [3.8, 4) is 0 Å². The summed E-state index contributed by atoms with van der Waals surface area (Å²) in [5, 5.41) is 9.84. The van der Waals surface area contributed by atoms with Crippen LogP contribution in [0.25, 0.3) is 5.76 Å². The Morgan fingerprint density at radius 1 is 0.875 bits per heavy atom. The molecule has 0 amide bonds. The second kappa shape index (κ2) is 5.17. The highest BCUT2D eigenvalue weighted by Crippen LogP contribution is 2.11. The molecule has 0 bridgehead atoms. The molecule has 0 unspecified atom stereocenters. The van der Waals surface area contributed by atoms with Gasteiger partial charge in [0.1, 0.15) is 5.76 Å². The largest absolute Gasteiger partial charge is 0.508 e. The van der Waals surface area contributed by atoms with Crippen molar-refractivity contribution < 1.29 is 5.11 Å². The molecule has 0 spiro atoms. The summed E-state index contributed by atoms with van der Waals surface area (Å²) in [6, 6.07) is 19.7. The molecule has 80 valence electrons. The molecule has 0 aliphatic heterocycles. The van der Waals surface area contributed by atoms with Crippen LogP contribution in [0.15, 0.2) is 66.7 Å². The Hall–Kier alpha value is -2.02. The fourth-order valence-electron chi connectivity index (χ4n) is 1.56. The van der Waals surface area contributed by atoms with E-state index in [2.05, 4.69) is 12.1 Å². The second-order valence-corrected chi connectivity index (χ2v) is 3.65. The van der Waals surface area contributed by atoms with Gasteiger partial charge in [-0.3, -0.25) is 0 Å². The average Bonchev–Trinajstić information content (AvgIpc) is 2.38. The number of benzene rings is 2. The normalized spacial score (nSPS) is 11.4. The Bertz CT molecular complexity index is 457. The lowest BCUT2D eigenvalue weighted by Crippen LogP contribution is -1.85. The maximum Gasteiger partial charge on any atom is 0.119 e. The minimum Gasteiger partial charge on any atom is -0.508 e. The number of allylic oxidation sites excluding steroid dienone is 1. The molecule has 0 aromatic heterocycles. The Labute approximate surface area is 95.7 Å². The molecule has 2 rings (SSSR count). The molecule has 1 N–H and O–H groups in total. The van der Waals surface area contributed by atoms with E-state index in [4.69, 9.17) is 0 Å². The molecule has 2 aromatic rings. The first-order chi connectivity index (χ1) is 7.86. The van der Waals surface area contributed by atoms with Crippen LogP contribution in [-0.2, 0) is 6.42 Å². The second-order valence-electron chi connectivity index (χ2n) is 3.65. The van der Waals surface area contributed by atoms with Gasteiger partial charge in [-0.2, -0.15) is 0 Å². The van der Waals surface area contributed by atoms with E-state index < -0.39 is 0 Å². The van der Waals surface area contributed by atoms with Crippen LogP contribution < -0.4 is 0 Å². The van der Waals surface area contributed by atoms with Crippen LogP contribution in [-0.4, -0.2) is 5.11 Å². The van der Waals surface area contributed by atoms with Gasteiger partial charge in [-0.1, -0.05) is 60.7 Å². The summed E-state index contributed by atoms with van der Waals surface area (Å²) in [5.74, 6) is 0.337. The van der Waals surface area contributed by atoms with Crippen LogP contribution in [0.2, 0.25) is 0 Å². The van der Waals surface area contributed by atoms with Crippen molar-refractivity contribution in [3.05, 3.63) is 77.9 Å². The fraction of sp³-hybridized carbons (Fsp3) is 0.0667. The standard InChI is InChI=1S/C15H14O/c16-15(14-9-5-2-6-10-14)12-11-13-7-3-1-4-8-13/h1-10,12,16H,11H2/b15-12+. The summed E-state index contributed by atoms with van der Waals surface area (Å²) >= 11 is 0. The molecule has 16 heavy (non-hydrogen) atoms. The van der Waals surface area contributed by atoms with Crippen molar-refractivity contribution in [2.75, 3.05) is 0 Å². The fourth-order valence-corrected chi connectivity index (χ4v) is 1.56. The average molecular weight is 210 g/mol. The van der Waals surface area contributed by atoms with Crippen molar-refractivity contribution >= 4 is 5.76 Å². The van der Waals surface area contributed by atoms with Gasteiger partial charge < -0.3 is 5.11 Å². The number of hydrogen-bond donors (Lipinski definition) is 1. The third-order valence-electron chi connectivity index (χ3n) is 2.44. The van der Waals surface area contributed by atoms with Crippen LogP contribution in [0, 0.1) is 0 Å². The van der Waals surface area contributed by atoms with E-state index in [1.165, 1.54) is 5.56 Å². The lowest BCUT2D eigenvalue weighted by molar-refractivity contribution is 0.510. The van der Waals surface area contributed by atoms with Crippen molar-refractivity contribution in [1.82, 2.24) is 0 Å². The highest BCUT2D eigenvalue weighted by atomic mass is 16.3. The quantitative estimate of drug-likeness (QED) is 0.763. The van der Waals surface area contributed by atoms with Crippen LogP contribution >= 0.6 is 0 Å². The predicted octanol–water partition coefficient (Wildman–Crippen LogP) is 3.83. The highest BCUT2D eigenvalue weighted by molar-refractivity contribution is 5.58. The molecule has 0 aliphatic carbocycles. The van der Waals surface area contributed by atoms with E-state index in [1.807, 2.05) is 54.6 Å². The zero-order chi connectivity index (χ0) is 11.2. The summed E-state index contributed by atoms with van der Waals surface area (Å²) in [6.07, 6.45) is 2.59. The molecule has 0 heterocycles. The van der Waals surface area contributed by atoms with Gasteiger partial charge in [-0.25, -0.2) is 0 Å². The highest BCUT2D eigenvalue weighted by Gasteiger charge is 1.96. The first-order valence-electron chi connectivity index (χ1n) is 5.35. The van der Waals surface area contributed by atoms with Crippen LogP contribution in [0.1, 0.15) is 11.1 Å². The lowest BCUT2D eigenvalue weighted by Gasteiger charge is -2.00. The molecule has 0 aliphatic rings. The first-order valence-corrected chi connectivity index (χ1v) is 5.35. The Morgan fingerprint density at radius 3 is 2.06 bits per heavy atom. The number of aliphatic hydroxyl groups is 1. The first kappa shape index (κ1) is 10.5. The zero-order valence-electron chi connectivity index (χ0n) is 9.01. The van der Waals surface area contributed by atoms with Gasteiger partial charge in [-0.05, 0) is 18.1 Å². The van der Waals surface area contributed by atoms with E-state index in [0.29, 0.717) is 5.76 Å². The van der Waals surface area contributed by atoms with Gasteiger partial charge in [0.15, 0.2) is 0 Å². The molecule has 0 radical (unpaired) electrons. The van der Waals surface area contributed by atoms with E-state index >= 15 is 0 Å². The molecule has 0 fully saturated rings. The monoisotopic (exact) mass is 210 g/mol. The van der Waals surface area contributed by atoms with Gasteiger partial charge in [0.2, 0.25) is 0 Å². The van der Waals surface area contributed by atoms with Crippen molar-refractivity contribution in [2.24, 2.45) is 0 Å². The summed E-state index contributed by atoms with van der Waals surface area (Å²) in [4.78, 5) is 0. The number of rotatable bonds is 3. The van der Waals surface area contributed by atoms with E-state index in [1.54, 1.807) is 0 Å². The Morgan fingerprint density at radius 2 is 1.44 bits per heavy atom. The lowest BCUT2D eigenvalue weighted by atomic mass is 10.1. The minimum atomic E-state index is 0.337. The van der Waals surface area contributed by atoms with Gasteiger partial charge >= 0.3 is 0 Å². The molecule has 1 heteroatoms. The molecule has 0 saturated carbocycles. The summed E-state index contributed by atoms with van der Waals surface area (Å²) in [5.41, 5.74) is 2.06. The molecular formula is C15H14O. The third-order valence-corrected chi connectivity index (χ3v) is 2.44. The van der Waals surface area contributed by atoms with Crippen LogP contribution in [0.4, 0.5) is 0 Å². The topological polar surface area (TPSA) is 20.2 Å². The predicted molar refractivity (Wildman–Crippen MR) is 67.2 cm³/mol. The van der Waals surface area contributed by atoms with Gasteiger partial charge in [0.05, 0.1) is 0 Å². The van der Waals surface area contributed by atoms with Crippen LogP contribution in [0.5, 0.6) is 0 Å². The summed E-state index contributed by atoms with van der Waals surface area (Å²) in [6.45, 7) is 0. The minimum absolute atomic E-state index is 0.337. The van der Waals surface area contributed by atoms with E-state index in [9.17, 15) is 5.11 Å². The van der Waals surface area contributed by atoms with Gasteiger partial charge in [-0.15, -0.1) is 0 Å². The van der Waals surface area contributed by atoms with Crippen molar-refractivity contribution in [1.29, 1.82) is 0 Å². The summed E-state index contributed by atoms with van der Waals surface area (Å²) < 4.78 is 0. The molecule has 0 atom stereocenters. The molecule has 0 saturated heterocycles. The van der Waals surface area contributed by atoms with E-state index in [0.717, 1.165) is 12.0 Å². The zero-order valence-corrected chi connectivity index (χ0v) is 9.01. The third kappa shape index (κ3) is 2.74. The smallest absolute Gasteiger partial charge is 0.119 e. The molecular weight excluding hydrogens is 196 g/mol. The SMILES string of the molecule is O/C(=C/Cc1ccccc1)c1ccccc1. The summed E-state index contributed by atoms with van der Waals surface area (Å²) in [7, 11) is 0. The molecule has 1 nitrogen and oxygen atoms in total. The maximum absolute atomic E-state index is 9.84. The van der Waals surface area contributed by atoms with E-state index in [-0.39, 0.29) is 0 Å². The number of hydrogen-bond acceptors (Lipinski definition) is 1. The Kier molecular flexibility index (Phi) is 3.39. The van der Waals surface area contributed by atoms with Gasteiger partial charge in [0.25, 0.3) is 0 Å². The van der Waals surface area contributed by atoms with Crippen molar-refractivity contribution in [3.63, 3.8) is 0 Å². The molecule has 2 aromatic carbocycles. The number of aliphatic hydroxyl groups excluding tert-OH is 1.